The van der Waals surface area contributed by atoms with Gasteiger partial charge in [-0.1, -0.05) is 54.1 Å². The minimum absolute atomic E-state index is 0.113. The zero-order chi connectivity index (χ0) is 21.9. The van der Waals surface area contributed by atoms with Crippen LogP contribution in [0.15, 0.2) is 91.3 Å². The fourth-order valence-corrected chi connectivity index (χ4v) is 3.80. The Bertz CT molecular complexity index is 1300. The van der Waals surface area contributed by atoms with E-state index in [1.165, 1.54) is 0 Å². The van der Waals surface area contributed by atoms with Gasteiger partial charge < -0.3 is 9.64 Å². The van der Waals surface area contributed by atoms with E-state index >= 15 is 0 Å². The number of rotatable bonds is 3. The van der Waals surface area contributed by atoms with Crippen LogP contribution in [0.4, 0.5) is 5.69 Å². The number of benzene rings is 3. The molecule has 0 fully saturated rings. The monoisotopic (exact) mass is 438 g/mol. The van der Waals surface area contributed by atoms with Crippen LogP contribution in [0.1, 0.15) is 27.0 Å². The number of nitrogens with zero attached hydrogens (tertiary/aromatic N) is 2. The number of fused-ring (bicyclic) bond motifs is 2. The molecule has 1 amide bonds. The molecule has 0 bridgehead atoms. The molecule has 5 rings (SSSR count). The van der Waals surface area contributed by atoms with Gasteiger partial charge in [0.25, 0.3) is 5.91 Å². The summed E-state index contributed by atoms with van der Waals surface area (Å²) in [6.45, 7) is 0.395. The lowest BCUT2D eigenvalue weighted by atomic mass is 10.1. The zero-order valence-electron chi connectivity index (χ0n) is 17.1. The summed E-state index contributed by atoms with van der Waals surface area (Å²) in [5.41, 5.74) is 4.25. The molecule has 5 heteroatoms. The van der Waals surface area contributed by atoms with Gasteiger partial charge in [-0.15, -0.1) is 0 Å². The highest BCUT2D eigenvalue weighted by Crippen LogP contribution is 2.40. The molecule has 0 unspecified atom stereocenters. The van der Waals surface area contributed by atoms with Gasteiger partial charge in [-0.05, 0) is 59.7 Å². The highest BCUT2D eigenvalue weighted by Gasteiger charge is 2.26. The third-order valence-electron chi connectivity index (χ3n) is 5.31. The Hall–Kier alpha value is -3.89. The third-order valence-corrected chi connectivity index (χ3v) is 5.54. The number of hydrogen-bond donors (Lipinski definition) is 0. The Labute approximate surface area is 191 Å². The second-order valence-electron chi connectivity index (χ2n) is 7.45. The lowest BCUT2D eigenvalue weighted by Gasteiger charge is -2.22. The first-order valence-electron chi connectivity index (χ1n) is 10.2. The molecule has 156 valence electrons. The number of amides is 1. The van der Waals surface area contributed by atoms with Crippen LogP contribution in [0, 0.1) is 0 Å². The van der Waals surface area contributed by atoms with Crippen LogP contribution in [0.25, 0.3) is 12.2 Å². The number of carbonyl (C=O) groups excluding carboxylic acids is 1. The molecule has 32 heavy (non-hydrogen) atoms. The summed E-state index contributed by atoms with van der Waals surface area (Å²) in [5.74, 6) is 1.23. The highest BCUT2D eigenvalue weighted by molar-refractivity contribution is 6.31. The van der Waals surface area contributed by atoms with Crippen LogP contribution < -0.4 is 9.64 Å². The Morgan fingerprint density at radius 2 is 1.59 bits per heavy atom. The molecule has 0 spiro atoms. The van der Waals surface area contributed by atoms with Crippen LogP contribution in [-0.2, 0) is 6.54 Å². The van der Waals surface area contributed by atoms with Crippen molar-refractivity contribution in [2.75, 3.05) is 4.90 Å². The first kappa shape index (κ1) is 20.0. The van der Waals surface area contributed by atoms with E-state index in [2.05, 4.69) is 4.98 Å². The van der Waals surface area contributed by atoms with Gasteiger partial charge in [0.1, 0.15) is 5.75 Å². The topological polar surface area (TPSA) is 42.4 Å². The van der Waals surface area contributed by atoms with Crippen molar-refractivity contribution in [3.05, 3.63) is 119 Å². The second kappa shape index (κ2) is 8.69. The fraction of sp³-hybridized carbons (Fsp3) is 0.0370. The van der Waals surface area contributed by atoms with Gasteiger partial charge in [-0.25, -0.2) is 0 Å². The molecule has 1 aliphatic heterocycles. The summed E-state index contributed by atoms with van der Waals surface area (Å²) in [5, 5.41) is 0.549. The smallest absolute Gasteiger partial charge is 0.258 e. The molecule has 1 aromatic heterocycles. The molecule has 0 atom stereocenters. The van der Waals surface area contributed by atoms with E-state index < -0.39 is 0 Å². The largest absolute Gasteiger partial charge is 0.455 e. The second-order valence-corrected chi connectivity index (χ2v) is 7.89. The molecule has 0 radical (unpaired) electrons. The van der Waals surface area contributed by atoms with E-state index in [4.69, 9.17) is 16.3 Å². The van der Waals surface area contributed by atoms with E-state index in [0.29, 0.717) is 28.6 Å². The lowest BCUT2D eigenvalue weighted by molar-refractivity contribution is 0.0985. The standard InChI is InChI=1S/C27H19ClN2O2/c28-23-11-12-26-24(17-23)30(18-22-3-1-2-4-25(22)32-26)27(31)21-9-7-19(8-10-21)5-6-20-13-15-29-16-14-20/h1-17H,18H2/b6-5-. The quantitative estimate of drug-likeness (QED) is 0.351. The van der Waals surface area contributed by atoms with Crippen LogP contribution in [0.5, 0.6) is 11.5 Å². The maximum atomic E-state index is 13.5. The normalized spacial score (nSPS) is 12.6. The molecular formula is C27H19ClN2O2. The lowest BCUT2D eigenvalue weighted by Crippen LogP contribution is -2.29. The van der Waals surface area contributed by atoms with Gasteiger partial charge in [0, 0.05) is 28.5 Å². The number of aromatic nitrogens is 1. The number of anilines is 1. The predicted molar refractivity (Wildman–Crippen MR) is 128 cm³/mol. The van der Waals surface area contributed by atoms with E-state index in [1.54, 1.807) is 35.5 Å². The molecule has 0 aliphatic carbocycles. The maximum absolute atomic E-state index is 13.5. The molecule has 2 heterocycles. The van der Waals surface area contributed by atoms with Crippen molar-refractivity contribution in [2.45, 2.75) is 6.54 Å². The van der Waals surface area contributed by atoms with Gasteiger partial charge in [0.15, 0.2) is 5.75 Å². The number of para-hydroxylation sites is 1. The number of ether oxygens (including phenoxy) is 1. The van der Waals surface area contributed by atoms with Gasteiger partial charge in [0.05, 0.1) is 12.2 Å². The Morgan fingerprint density at radius 3 is 2.38 bits per heavy atom. The summed E-state index contributed by atoms with van der Waals surface area (Å²) in [4.78, 5) is 19.3. The maximum Gasteiger partial charge on any atom is 0.258 e. The molecule has 4 aromatic rings. The predicted octanol–water partition coefficient (Wildman–Crippen LogP) is 6.86. The summed E-state index contributed by atoms with van der Waals surface area (Å²) in [6, 6.07) is 24.5. The molecule has 0 saturated carbocycles. The summed E-state index contributed by atoms with van der Waals surface area (Å²) >= 11 is 6.26. The number of carbonyl (C=O) groups is 1. The van der Waals surface area contributed by atoms with Crippen LogP contribution in [-0.4, -0.2) is 10.9 Å². The van der Waals surface area contributed by atoms with Gasteiger partial charge in [0.2, 0.25) is 0 Å². The van der Waals surface area contributed by atoms with Gasteiger partial charge >= 0.3 is 0 Å². The van der Waals surface area contributed by atoms with Crippen molar-refractivity contribution in [1.29, 1.82) is 0 Å². The van der Waals surface area contributed by atoms with Crippen molar-refractivity contribution in [3.8, 4) is 11.5 Å². The molecule has 0 N–H and O–H groups in total. The van der Waals surface area contributed by atoms with Crippen LogP contribution in [0.2, 0.25) is 5.02 Å². The molecule has 1 aliphatic rings. The average Bonchev–Trinajstić information content (AvgIpc) is 3.00. The minimum Gasteiger partial charge on any atom is -0.455 e. The van der Waals surface area contributed by atoms with Crippen molar-refractivity contribution >= 4 is 35.3 Å². The van der Waals surface area contributed by atoms with Crippen molar-refractivity contribution < 1.29 is 9.53 Å². The number of halogens is 1. The van der Waals surface area contributed by atoms with Gasteiger partial charge in [-0.2, -0.15) is 0 Å². The summed E-state index contributed by atoms with van der Waals surface area (Å²) < 4.78 is 6.10. The third kappa shape index (κ3) is 4.13. The van der Waals surface area contributed by atoms with Crippen LogP contribution >= 0.6 is 11.6 Å². The Morgan fingerprint density at radius 1 is 0.875 bits per heavy atom. The van der Waals surface area contributed by atoms with E-state index in [0.717, 1.165) is 22.4 Å². The van der Waals surface area contributed by atoms with E-state index in [-0.39, 0.29) is 5.91 Å². The minimum atomic E-state index is -0.113. The fourth-order valence-electron chi connectivity index (χ4n) is 3.64. The average molecular weight is 439 g/mol. The first-order valence-corrected chi connectivity index (χ1v) is 10.6. The highest BCUT2D eigenvalue weighted by atomic mass is 35.5. The molecule has 0 saturated heterocycles. The summed E-state index contributed by atoms with van der Waals surface area (Å²) in [7, 11) is 0. The molecular weight excluding hydrogens is 420 g/mol. The summed E-state index contributed by atoms with van der Waals surface area (Å²) in [6.07, 6.45) is 7.54. The first-order chi connectivity index (χ1) is 15.7. The van der Waals surface area contributed by atoms with Crippen molar-refractivity contribution in [3.63, 3.8) is 0 Å². The van der Waals surface area contributed by atoms with Crippen molar-refractivity contribution in [1.82, 2.24) is 4.98 Å². The molecule has 3 aromatic carbocycles. The molecule has 4 nitrogen and oxygen atoms in total. The number of pyridine rings is 1. The zero-order valence-corrected chi connectivity index (χ0v) is 17.9. The van der Waals surface area contributed by atoms with Gasteiger partial charge in [-0.3, -0.25) is 9.78 Å². The number of hydrogen-bond acceptors (Lipinski definition) is 3. The Balaban J connectivity index is 1.45. The SMILES string of the molecule is O=C(c1ccc(/C=C\c2ccncc2)cc1)N1Cc2ccccc2Oc2ccc(Cl)cc21. The van der Waals surface area contributed by atoms with Crippen molar-refractivity contribution in [2.24, 2.45) is 0 Å². The van der Waals surface area contributed by atoms with Crippen LogP contribution in [0.3, 0.4) is 0 Å². The van der Waals surface area contributed by atoms with E-state index in [9.17, 15) is 4.79 Å². The van der Waals surface area contributed by atoms with E-state index in [1.807, 2.05) is 72.8 Å². The Kier molecular flexibility index (Phi) is 5.44.